The van der Waals surface area contributed by atoms with Crippen LogP contribution in [-0.4, -0.2) is 18.4 Å². The zero-order valence-corrected chi connectivity index (χ0v) is 13.7. The molecule has 0 spiro atoms. The minimum Gasteiger partial charge on any atom is -0.426 e. The molecule has 2 aromatic rings. The zero-order valence-electron chi connectivity index (χ0n) is 12.1. The number of thiophene rings is 1. The Morgan fingerprint density at radius 2 is 2.14 bits per heavy atom. The van der Waals surface area contributed by atoms with Gasteiger partial charge in [-0.05, 0) is 48.6 Å². The first kappa shape index (κ1) is 16.5. The Bertz CT molecular complexity index is 655. The van der Waals surface area contributed by atoms with Crippen LogP contribution in [0.4, 0.5) is 0 Å². The molecule has 4 nitrogen and oxygen atoms in total. The Kier molecular flexibility index (Phi) is 5.98. The monoisotopic (exact) mass is 337 g/mol. The average Bonchev–Trinajstić information content (AvgIpc) is 3.01. The molecule has 6 heteroatoms. The van der Waals surface area contributed by atoms with E-state index >= 15 is 0 Å². The largest absolute Gasteiger partial charge is 0.426 e. The number of hydrogen-bond donors (Lipinski definition) is 1. The van der Waals surface area contributed by atoms with Gasteiger partial charge in [0.05, 0.1) is 4.88 Å². The minimum atomic E-state index is -0.323. The molecule has 0 unspecified atom stereocenters. The Morgan fingerprint density at radius 3 is 2.82 bits per heavy atom. The van der Waals surface area contributed by atoms with Crippen molar-refractivity contribution >= 4 is 34.8 Å². The summed E-state index contributed by atoms with van der Waals surface area (Å²) in [5, 5.41) is 5.22. The number of rotatable bonds is 6. The molecule has 2 rings (SSSR count). The highest BCUT2D eigenvalue weighted by Crippen LogP contribution is 2.22. The van der Waals surface area contributed by atoms with Crippen LogP contribution in [0.3, 0.4) is 0 Å². The van der Waals surface area contributed by atoms with Crippen LogP contribution in [0.1, 0.15) is 28.1 Å². The molecule has 0 aliphatic rings. The molecule has 116 valence electrons. The second-order valence-corrected chi connectivity index (χ2v) is 6.10. The van der Waals surface area contributed by atoms with Gasteiger partial charge in [-0.25, -0.2) is 0 Å². The predicted molar refractivity (Wildman–Crippen MR) is 87.7 cm³/mol. The molecule has 0 saturated heterocycles. The molecule has 1 aromatic heterocycles. The van der Waals surface area contributed by atoms with Crippen LogP contribution >= 0.6 is 22.9 Å². The third-order valence-electron chi connectivity index (χ3n) is 2.95. The maximum atomic E-state index is 11.8. The molecule has 0 atom stereocenters. The van der Waals surface area contributed by atoms with Gasteiger partial charge in [-0.15, -0.1) is 11.3 Å². The highest BCUT2D eigenvalue weighted by atomic mass is 35.5. The Labute approximate surface area is 138 Å². The van der Waals surface area contributed by atoms with Crippen LogP contribution in [0.2, 0.25) is 5.02 Å². The molecule has 1 heterocycles. The zero-order chi connectivity index (χ0) is 15.9. The normalized spacial score (nSPS) is 10.3. The summed E-state index contributed by atoms with van der Waals surface area (Å²) in [4.78, 5) is 24.1. The van der Waals surface area contributed by atoms with Gasteiger partial charge in [-0.3, -0.25) is 9.59 Å². The first-order valence-electron chi connectivity index (χ1n) is 6.85. The number of carbonyl (C=O) groups is 2. The molecule has 1 N–H and O–H groups in total. The van der Waals surface area contributed by atoms with E-state index in [0.717, 1.165) is 5.56 Å². The lowest BCUT2D eigenvalue weighted by Crippen LogP contribution is -2.24. The molecule has 0 saturated carbocycles. The molecular formula is C16H16ClNO3S. The van der Waals surface area contributed by atoms with Crippen molar-refractivity contribution in [1.82, 2.24) is 5.32 Å². The van der Waals surface area contributed by atoms with Crippen molar-refractivity contribution in [3.8, 4) is 5.75 Å². The summed E-state index contributed by atoms with van der Waals surface area (Å²) in [7, 11) is 0. The number of esters is 1. The summed E-state index contributed by atoms with van der Waals surface area (Å²) in [6.07, 6.45) is 0.773. The Balaban J connectivity index is 1.71. The van der Waals surface area contributed by atoms with Gasteiger partial charge < -0.3 is 10.1 Å². The molecule has 0 aliphatic carbocycles. The Morgan fingerprint density at radius 1 is 1.32 bits per heavy atom. The average molecular weight is 338 g/mol. The maximum absolute atomic E-state index is 11.8. The fourth-order valence-electron chi connectivity index (χ4n) is 1.83. The topological polar surface area (TPSA) is 55.4 Å². The summed E-state index contributed by atoms with van der Waals surface area (Å²) >= 11 is 7.23. The SMILES string of the molecule is Cc1cc(Cl)ccc1OC(=O)CCCNC(=O)c1cccs1. The molecular weight excluding hydrogens is 322 g/mol. The van der Waals surface area contributed by atoms with Gasteiger partial charge in [0.2, 0.25) is 0 Å². The molecule has 1 amide bonds. The Hall–Kier alpha value is -1.85. The van der Waals surface area contributed by atoms with Gasteiger partial charge in [-0.1, -0.05) is 17.7 Å². The smallest absolute Gasteiger partial charge is 0.311 e. The van der Waals surface area contributed by atoms with Gasteiger partial charge in [0, 0.05) is 18.0 Å². The molecule has 0 fully saturated rings. The van der Waals surface area contributed by atoms with E-state index in [-0.39, 0.29) is 18.3 Å². The standard InChI is InChI=1S/C16H16ClNO3S/c1-11-10-12(17)6-7-13(11)21-15(19)5-2-8-18-16(20)14-4-3-9-22-14/h3-4,6-7,9-10H,2,5,8H2,1H3,(H,18,20). The molecule has 1 aromatic carbocycles. The van der Waals surface area contributed by atoms with E-state index in [0.29, 0.717) is 28.6 Å². The summed E-state index contributed by atoms with van der Waals surface area (Å²) in [6.45, 7) is 2.27. The quantitative estimate of drug-likeness (QED) is 0.495. The second-order valence-electron chi connectivity index (χ2n) is 4.72. The van der Waals surface area contributed by atoms with Gasteiger partial charge in [-0.2, -0.15) is 0 Å². The lowest BCUT2D eigenvalue weighted by Gasteiger charge is -2.08. The molecule has 0 radical (unpaired) electrons. The molecule has 22 heavy (non-hydrogen) atoms. The third-order valence-corrected chi connectivity index (χ3v) is 4.05. The number of amides is 1. The van der Waals surface area contributed by atoms with Crippen molar-refractivity contribution in [2.24, 2.45) is 0 Å². The minimum absolute atomic E-state index is 0.114. The van der Waals surface area contributed by atoms with Crippen LogP contribution in [0.25, 0.3) is 0 Å². The number of ether oxygens (including phenoxy) is 1. The number of benzene rings is 1. The molecule has 0 aliphatic heterocycles. The highest BCUT2D eigenvalue weighted by molar-refractivity contribution is 7.12. The lowest BCUT2D eigenvalue weighted by atomic mass is 10.2. The number of carbonyl (C=O) groups excluding carboxylic acids is 2. The van der Waals surface area contributed by atoms with E-state index in [9.17, 15) is 9.59 Å². The van der Waals surface area contributed by atoms with E-state index in [1.54, 1.807) is 24.3 Å². The lowest BCUT2D eigenvalue weighted by molar-refractivity contribution is -0.134. The van der Waals surface area contributed by atoms with E-state index in [1.807, 2.05) is 18.4 Å². The fourth-order valence-corrected chi connectivity index (χ4v) is 2.70. The summed E-state index contributed by atoms with van der Waals surface area (Å²) in [5.74, 6) is 0.0738. The van der Waals surface area contributed by atoms with Crippen molar-refractivity contribution in [2.45, 2.75) is 19.8 Å². The fraction of sp³-hybridized carbons (Fsp3) is 0.250. The second kappa shape index (κ2) is 7.96. The van der Waals surface area contributed by atoms with Crippen molar-refractivity contribution < 1.29 is 14.3 Å². The summed E-state index contributed by atoms with van der Waals surface area (Å²) < 4.78 is 5.27. The van der Waals surface area contributed by atoms with Crippen molar-refractivity contribution in [2.75, 3.05) is 6.54 Å². The number of halogens is 1. The first-order valence-corrected chi connectivity index (χ1v) is 8.10. The maximum Gasteiger partial charge on any atom is 0.311 e. The molecule has 0 bridgehead atoms. The number of hydrogen-bond acceptors (Lipinski definition) is 4. The van der Waals surface area contributed by atoms with E-state index < -0.39 is 0 Å². The van der Waals surface area contributed by atoms with E-state index in [4.69, 9.17) is 16.3 Å². The van der Waals surface area contributed by atoms with Crippen LogP contribution < -0.4 is 10.1 Å². The van der Waals surface area contributed by atoms with Crippen LogP contribution in [0.15, 0.2) is 35.7 Å². The highest BCUT2D eigenvalue weighted by Gasteiger charge is 2.09. The number of aryl methyl sites for hydroxylation is 1. The summed E-state index contributed by atoms with van der Waals surface area (Å²) in [6, 6.07) is 8.68. The van der Waals surface area contributed by atoms with Crippen LogP contribution in [0, 0.1) is 6.92 Å². The van der Waals surface area contributed by atoms with Crippen molar-refractivity contribution in [1.29, 1.82) is 0 Å². The van der Waals surface area contributed by atoms with E-state index in [2.05, 4.69) is 5.32 Å². The van der Waals surface area contributed by atoms with Crippen LogP contribution in [-0.2, 0) is 4.79 Å². The van der Waals surface area contributed by atoms with Crippen molar-refractivity contribution in [3.63, 3.8) is 0 Å². The number of nitrogens with one attached hydrogen (secondary N) is 1. The van der Waals surface area contributed by atoms with Crippen LogP contribution in [0.5, 0.6) is 5.75 Å². The van der Waals surface area contributed by atoms with E-state index in [1.165, 1.54) is 11.3 Å². The summed E-state index contributed by atoms with van der Waals surface area (Å²) in [5.41, 5.74) is 0.812. The predicted octanol–water partition coefficient (Wildman–Crippen LogP) is 3.83. The van der Waals surface area contributed by atoms with Crippen molar-refractivity contribution in [3.05, 3.63) is 51.2 Å². The van der Waals surface area contributed by atoms with Gasteiger partial charge >= 0.3 is 5.97 Å². The first-order chi connectivity index (χ1) is 10.6. The third kappa shape index (κ3) is 4.86. The van der Waals surface area contributed by atoms with Gasteiger partial charge in [0.1, 0.15) is 5.75 Å². The van der Waals surface area contributed by atoms with Gasteiger partial charge in [0.25, 0.3) is 5.91 Å². The van der Waals surface area contributed by atoms with Gasteiger partial charge in [0.15, 0.2) is 0 Å².